The number of nitrogens with one attached hydrogen (secondary N) is 1. The van der Waals surface area contributed by atoms with Gasteiger partial charge in [-0.3, -0.25) is 4.57 Å². The van der Waals surface area contributed by atoms with Gasteiger partial charge in [0, 0.05) is 17.8 Å². The third-order valence-corrected chi connectivity index (χ3v) is 3.88. The number of ether oxygens (including phenoxy) is 2. The van der Waals surface area contributed by atoms with Crippen molar-refractivity contribution in [1.82, 2.24) is 9.55 Å². The quantitative estimate of drug-likeness (QED) is 0.931. The van der Waals surface area contributed by atoms with Crippen molar-refractivity contribution in [3.05, 3.63) is 33.9 Å². The number of H-pyrrole nitrogens is 1. The van der Waals surface area contributed by atoms with Gasteiger partial charge in [-0.15, -0.1) is 0 Å². The number of imidazole rings is 1. The largest absolute Gasteiger partial charge is 0.493 e. The third-order valence-electron chi connectivity index (χ3n) is 3.88. The van der Waals surface area contributed by atoms with E-state index in [0.717, 1.165) is 35.5 Å². The molecule has 2 heterocycles. The fourth-order valence-electron chi connectivity index (χ4n) is 2.88. The molecule has 0 fully saturated rings. The second-order valence-electron chi connectivity index (χ2n) is 4.88. The molecule has 1 aromatic heterocycles. The lowest BCUT2D eigenvalue weighted by atomic mass is 9.96. The Hall–Kier alpha value is -2.17. The summed E-state index contributed by atoms with van der Waals surface area (Å²) in [5, 5.41) is 0. The van der Waals surface area contributed by atoms with E-state index in [-0.39, 0.29) is 5.69 Å². The maximum atomic E-state index is 12.0. The summed E-state index contributed by atoms with van der Waals surface area (Å²) in [4.78, 5) is 14.9. The molecule has 0 aliphatic carbocycles. The van der Waals surface area contributed by atoms with Gasteiger partial charge in [0.1, 0.15) is 0 Å². The van der Waals surface area contributed by atoms with E-state index in [0.29, 0.717) is 12.3 Å². The molecule has 1 N–H and O–H groups in total. The maximum Gasteiger partial charge on any atom is 0.326 e. The lowest BCUT2D eigenvalue weighted by molar-refractivity contribution is 0.354. The highest BCUT2D eigenvalue weighted by molar-refractivity contribution is 5.72. The number of rotatable bonds is 3. The summed E-state index contributed by atoms with van der Waals surface area (Å²) in [6, 6.07) is 3.97. The molecular weight excluding hydrogens is 256 g/mol. The molecule has 0 unspecified atom stereocenters. The standard InChI is InChI=1S/C15H18N2O3/c1-4-11-14-10-8-13(20-3)12(19-2)7-9(10)5-6-17(14)15(18)16-11/h7-8H,4-6H2,1-3H3,(H,16,18). The molecule has 0 saturated carbocycles. The summed E-state index contributed by atoms with van der Waals surface area (Å²) in [5.74, 6) is 1.42. The van der Waals surface area contributed by atoms with Crippen LogP contribution < -0.4 is 15.2 Å². The van der Waals surface area contributed by atoms with Crippen LogP contribution in [0.15, 0.2) is 16.9 Å². The number of hydrogen-bond donors (Lipinski definition) is 1. The summed E-state index contributed by atoms with van der Waals surface area (Å²) in [6.45, 7) is 2.74. The molecule has 0 radical (unpaired) electrons. The van der Waals surface area contributed by atoms with Crippen molar-refractivity contribution in [1.29, 1.82) is 0 Å². The van der Waals surface area contributed by atoms with Crippen LogP contribution in [-0.2, 0) is 19.4 Å². The molecule has 0 spiro atoms. The maximum absolute atomic E-state index is 12.0. The Kier molecular flexibility index (Phi) is 3.04. The first-order valence-electron chi connectivity index (χ1n) is 6.76. The predicted octanol–water partition coefficient (Wildman–Crippen LogP) is 1.98. The third kappa shape index (κ3) is 1.73. The molecule has 3 rings (SSSR count). The molecule has 5 nitrogen and oxygen atoms in total. The highest BCUT2D eigenvalue weighted by Crippen LogP contribution is 2.38. The van der Waals surface area contributed by atoms with Gasteiger partial charge in [-0.05, 0) is 30.5 Å². The van der Waals surface area contributed by atoms with Crippen LogP contribution in [0.3, 0.4) is 0 Å². The van der Waals surface area contributed by atoms with Crippen LogP contribution in [0.2, 0.25) is 0 Å². The zero-order valence-corrected chi connectivity index (χ0v) is 11.9. The highest BCUT2D eigenvalue weighted by Gasteiger charge is 2.24. The van der Waals surface area contributed by atoms with E-state index in [1.165, 1.54) is 5.56 Å². The Labute approximate surface area is 117 Å². The van der Waals surface area contributed by atoms with E-state index in [9.17, 15) is 4.79 Å². The van der Waals surface area contributed by atoms with Crippen molar-refractivity contribution in [3.63, 3.8) is 0 Å². The van der Waals surface area contributed by atoms with Crippen LogP contribution in [0.4, 0.5) is 0 Å². The van der Waals surface area contributed by atoms with E-state index in [1.54, 1.807) is 14.2 Å². The zero-order valence-electron chi connectivity index (χ0n) is 11.9. The van der Waals surface area contributed by atoms with Crippen molar-refractivity contribution >= 4 is 0 Å². The number of fused-ring (bicyclic) bond motifs is 3. The van der Waals surface area contributed by atoms with Crippen LogP contribution >= 0.6 is 0 Å². The monoisotopic (exact) mass is 274 g/mol. The van der Waals surface area contributed by atoms with Gasteiger partial charge < -0.3 is 14.5 Å². The second-order valence-corrected chi connectivity index (χ2v) is 4.88. The molecule has 0 atom stereocenters. The topological polar surface area (TPSA) is 56.2 Å². The Morgan fingerprint density at radius 3 is 2.60 bits per heavy atom. The van der Waals surface area contributed by atoms with E-state index >= 15 is 0 Å². The first kappa shape index (κ1) is 12.8. The molecular formula is C15H18N2O3. The average molecular weight is 274 g/mol. The molecule has 1 aliphatic heterocycles. The van der Waals surface area contributed by atoms with Gasteiger partial charge >= 0.3 is 5.69 Å². The normalized spacial score (nSPS) is 12.8. The molecule has 0 amide bonds. The summed E-state index contributed by atoms with van der Waals surface area (Å²) in [6.07, 6.45) is 1.62. The molecule has 106 valence electrons. The Bertz CT molecular complexity index is 713. The SMILES string of the molecule is CCc1[nH]c(=O)n2c1-c1cc(OC)c(OC)cc1CC2. The number of benzene rings is 1. The van der Waals surface area contributed by atoms with Crippen molar-refractivity contribution in [3.8, 4) is 22.8 Å². The predicted molar refractivity (Wildman–Crippen MR) is 76.7 cm³/mol. The summed E-state index contributed by atoms with van der Waals surface area (Å²) >= 11 is 0. The summed E-state index contributed by atoms with van der Waals surface area (Å²) < 4.78 is 12.5. The van der Waals surface area contributed by atoms with E-state index in [1.807, 2.05) is 23.6 Å². The minimum absolute atomic E-state index is 0.0303. The molecule has 5 heteroatoms. The molecule has 1 aromatic carbocycles. The number of methoxy groups -OCH3 is 2. The van der Waals surface area contributed by atoms with E-state index in [4.69, 9.17) is 9.47 Å². The van der Waals surface area contributed by atoms with Crippen molar-refractivity contribution in [2.45, 2.75) is 26.3 Å². The molecule has 2 aromatic rings. The van der Waals surface area contributed by atoms with Gasteiger partial charge in [-0.25, -0.2) is 4.79 Å². The minimum Gasteiger partial charge on any atom is -0.493 e. The smallest absolute Gasteiger partial charge is 0.326 e. The van der Waals surface area contributed by atoms with E-state index in [2.05, 4.69) is 4.98 Å². The molecule has 20 heavy (non-hydrogen) atoms. The van der Waals surface area contributed by atoms with Crippen LogP contribution in [0, 0.1) is 0 Å². The van der Waals surface area contributed by atoms with Gasteiger partial charge in [-0.1, -0.05) is 6.92 Å². The fourth-order valence-corrected chi connectivity index (χ4v) is 2.88. The minimum atomic E-state index is -0.0303. The van der Waals surface area contributed by atoms with Gasteiger partial charge in [0.15, 0.2) is 11.5 Å². The Morgan fingerprint density at radius 2 is 1.95 bits per heavy atom. The Morgan fingerprint density at radius 1 is 1.25 bits per heavy atom. The molecule has 1 aliphatic rings. The average Bonchev–Trinajstić information content (AvgIpc) is 2.82. The van der Waals surface area contributed by atoms with Gasteiger partial charge in [0.05, 0.1) is 19.9 Å². The van der Waals surface area contributed by atoms with Gasteiger partial charge in [0.2, 0.25) is 0 Å². The second kappa shape index (κ2) is 4.74. The van der Waals surface area contributed by atoms with Crippen LogP contribution in [0.25, 0.3) is 11.3 Å². The zero-order chi connectivity index (χ0) is 14.3. The fraction of sp³-hybridized carbons (Fsp3) is 0.400. The lowest BCUT2D eigenvalue weighted by Gasteiger charge is -2.21. The van der Waals surface area contributed by atoms with Gasteiger partial charge in [0.25, 0.3) is 0 Å². The van der Waals surface area contributed by atoms with Crippen LogP contribution in [0.5, 0.6) is 11.5 Å². The van der Waals surface area contributed by atoms with E-state index < -0.39 is 0 Å². The van der Waals surface area contributed by atoms with Crippen molar-refractivity contribution in [2.24, 2.45) is 0 Å². The van der Waals surface area contributed by atoms with Crippen LogP contribution in [0.1, 0.15) is 18.2 Å². The van der Waals surface area contributed by atoms with Crippen molar-refractivity contribution in [2.75, 3.05) is 14.2 Å². The number of aromatic nitrogens is 2. The lowest BCUT2D eigenvalue weighted by Crippen LogP contribution is -2.22. The van der Waals surface area contributed by atoms with Crippen LogP contribution in [-0.4, -0.2) is 23.8 Å². The first-order chi connectivity index (χ1) is 9.69. The summed E-state index contributed by atoms with van der Waals surface area (Å²) in [5.41, 5.74) is 4.18. The number of nitrogens with zero attached hydrogens (tertiary/aromatic N) is 1. The van der Waals surface area contributed by atoms with Gasteiger partial charge in [-0.2, -0.15) is 0 Å². The number of hydrogen-bond acceptors (Lipinski definition) is 3. The summed E-state index contributed by atoms with van der Waals surface area (Å²) in [7, 11) is 3.26. The Balaban J connectivity index is 2.28. The van der Waals surface area contributed by atoms with Crippen molar-refractivity contribution < 1.29 is 9.47 Å². The number of aromatic amines is 1. The molecule has 0 saturated heterocycles. The number of aryl methyl sites for hydroxylation is 2. The first-order valence-corrected chi connectivity index (χ1v) is 6.76. The highest BCUT2D eigenvalue weighted by atomic mass is 16.5. The molecule has 0 bridgehead atoms.